The number of guanidine groups is 1. The number of nitrogens with zero attached hydrogens (tertiary/aromatic N) is 1. The van der Waals surface area contributed by atoms with Gasteiger partial charge in [0.15, 0.2) is 5.96 Å². The van der Waals surface area contributed by atoms with Gasteiger partial charge in [-0.1, -0.05) is 13.3 Å². The van der Waals surface area contributed by atoms with E-state index in [1.165, 1.54) is 0 Å². The van der Waals surface area contributed by atoms with Gasteiger partial charge in [-0.15, -0.1) is 24.0 Å². The standard InChI is InChI=1S/C17H31N3O3.HI/c1-3-5-15(8-11-21)14-20-17(19-10-13-22-2)18-9-7-16-6-4-12-23-16;/h4,6,12,15,21H,3,5,7-11,13-14H2,1-2H3,(H2,18,19,20);1H. The summed E-state index contributed by atoms with van der Waals surface area (Å²) >= 11 is 0. The number of hydrogen-bond donors (Lipinski definition) is 3. The molecule has 3 N–H and O–H groups in total. The summed E-state index contributed by atoms with van der Waals surface area (Å²) in [4.78, 5) is 4.65. The molecule has 140 valence electrons. The van der Waals surface area contributed by atoms with Gasteiger partial charge in [0, 0.05) is 39.8 Å². The Kier molecular flexibility index (Phi) is 15.2. The Labute approximate surface area is 162 Å². The number of furan rings is 1. The van der Waals surface area contributed by atoms with Crippen molar-refractivity contribution in [2.24, 2.45) is 10.9 Å². The number of rotatable bonds is 12. The average molecular weight is 453 g/mol. The first kappa shape index (κ1) is 23.2. The van der Waals surface area contributed by atoms with Crippen LogP contribution in [-0.4, -0.2) is 51.0 Å². The molecule has 0 radical (unpaired) electrons. The normalized spacial score (nSPS) is 12.5. The van der Waals surface area contributed by atoms with E-state index in [0.29, 0.717) is 19.1 Å². The van der Waals surface area contributed by atoms with Crippen LogP contribution in [0.15, 0.2) is 27.8 Å². The van der Waals surface area contributed by atoms with Gasteiger partial charge < -0.3 is 24.9 Å². The molecule has 0 aliphatic carbocycles. The second-order valence-electron chi connectivity index (χ2n) is 5.53. The van der Waals surface area contributed by atoms with Crippen molar-refractivity contribution in [3.8, 4) is 0 Å². The van der Waals surface area contributed by atoms with E-state index >= 15 is 0 Å². The number of halogens is 1. The summed E-state index contributed by atoms with van der Waals surface area (Å²) in [7, 11) is 1.68. The predicted octanol–water partition coefficient (Wildman–Crippen LogP) is 2.42. The van der Waals surface area contributed by atoms with E-state index in [2.05, 4.69) is 22.5 Å². The molecule has 1 aromatic heterocycles. The molecular weight excluding hydrogens is 421 g/mol. The minimum absolute atomic E-state index is 0. The van der Waals surface area contributed by atoms with Gasteiger partial charge in [0.25, 0.3) is 0 Å². The Morgan fingerprint density at radius 3 is 2.75 bits per heavy atom. The van der Waals surface area contributed by atoms with Crippen molar-refractivity contribution in [3.05, 3.63) is 24.2 Å². The minimum atomic E-state index is 0. The van der Waals surface area contributed by atoms with Crippen molar-refractivity contribution in [1.29, 1.82) is 0 Å². The van der Waals surface area contributed by atoms with E-state index in [-0.39, 0.29) is 30.6 Å². The van der Waals surface area contributed by atoms with Gasteiger partial charge >= 0.3 is 0 Å². The SMILES string of the molecule is CCCC(CCO)CN=C(NCCOC)NCCc1ccco1.I. The van der Waals surface area contributed by atoms with E-state index in [4.69, 9.17) is 14.3 Å². The molecule has 0 fully saturated rings. The van der Waals surface area contributed by atoms with Crippen LogP contribution in [0.5, 0.6) is 0 Å². The van der Waals surface area contributed by atoms with Gasteiger partial charge in [-0.05, 0) is 30.9 Å². The van der Waals surface area contributed by atoms with E-state index in [1.54, 1.807) is 13.4 Å². The molecule has 0 saturated heterocycles. The third kappa shape index (κ3) is 10.9. The minimum Gasteiger partial charge on any atom is -0.469 e. The van der Waals surface area contributed by atoms with Crippen molar-refractivity contribution in [2.45, 2.75) is 32.6 Å². The van der Waals surface area contributed by atoms with E-state index in [0.717, 1.165) is 50.5 Å². The van der Waals surface area contributed by atoms with Crippen molar-refractivity contribution in [2.75, 3.05) is 40.0 Å². The molecule has 1 atom stereocenters. The lowest BCUT2D eigenvalue weighted by Gasteiger charge is -2.15. The molecule has 1 aromatic rings. The first-order valence-electron chi connectivity index (χ1n) is 8.44. The molecule has 0 bridgehead atoms. The third-order valence-electron chi connectivity index (χ3n) is 3.58. The van der Waals surface area contributed by atoms with Crippen molar-refractivity contribution < 1.29 is 14.3 Å². The molecule has 0 aliphatic heterocycles. The van der Waals surface area contributed by atoms with E-state index in [9.17, 15) is 0 Å². The fraction of sp³-hybridized carbons (Fsp3) is 0.706. The summed E-state index contributed by atoms with van der Waals surface area (Å²) in [5, 5.41) is 15.7. The van der Waals surface area contributed by atoms with Crippen molar-refractivity contribution in [3.63, 3.8) is 0 Å². The van der Waals surface area contributed by atoms with Gasteiger partial charge in [0.2, 0.25) is 0 Å². The van der Waals surface area contributed by atoms with Crippen LogP contribution >= 0.6 is 24.0 Å². The van der Waals surface area contributed by atoms with Gasteiger partial charge in [-0.25, -0.2) is 0 Å². The molecule has 1 heterocycles. The monoisotopic (exact) mass is 453 g/mol. The second-order valence-corrected chi connectivity index (χ2v) is 5.53. The fourth-order valence-electron chi connectivity index (χ4n) is 2.34. The highest BCUT2D eigenvalue weighted by molar-refractivity contribution is 14.0. The maximum Gasteiger partial charge on any atom is 0.191 e. The van der Waals surface area contributed by atoms with Crippen LogP contribution in [0.1, 0.15) is 31.9 Å². The number of aliphatic hydroxyl groups is 1. The largest absolute Gasteiger partial charge is 0.469 e. The molecule has 1 rings (SSSR count). The lowest BCUT2D eigenvalue weighted by Crippen LogP contribution is -2.40. The van der Waals surface area contributed by atoms with Crippen LogP contribution in [0.25, 0.3) is 0 Å². The molecule has 0 saturated carbocycles. The zero-order valence-electron chi connectivity index (χ0n) is 14.8. The first-order chi connectivity index (χ1) is 11.3. The average Bonchev–Trinajstić information content (AvgIpc) is 3.06. The molecule has 0 spiro atoms. The molecule has 0 amide bonds. The fourth-order valence-corrected chi connectivity index (χ4v) is 2.34. The highest BCUT2D eigenvalue weighted by Gasteiger charge is 2.07. The van der Waals surface area contributed by atoms with Crippen LogP contribution in [0.3, 0.4) is 0 Å². The summed E-state index contributed by atoms with van der Waals surface area (Å²) in [6.07, 6.45) is 5.49. The zero-order valence-corrected chi connectivity index (χ0v) is 17.1. The molecule has 7 heteroatoms. The quantitative estimate of drug-likeness (QED) is 0.196. The van der Waals surface area contributed by atoms with Gasteiger partial charge in [-0.2, -0.15) is 0 Å². The van der Waals surface area contributed by atoms with Crippen molar-refractivity contribution in [1.82, 2.24) is 10.6 Å². The van der Waals surface area contributed by atoms with Crippen LogP contribution in [-0.2, 0) is 11.2 Å². The Bertz CT molecular complexity index is 407. The van der Waals surface area contributed by atoms with Crippen LogP contribution < -0.4 is 10.6 Å². The van der Waals surface area contributed by atoms with E-state index < -0.39 is 0 Å². The Morgan fingerprint density at radius 1 is 1.33 bits per heavy atom. The van der Waals surface area contributed by atoms with Crippen LogP contribution in [0, 0.1) is 5.92 Å². The molecular formula is C17H32IN3O3. The number of aliphatic imine (C=N–C) groups is 1. The molecule has 6 nitrogen and oxygen atoms in total. The molecule has 24 heavy (non-hydrogen) atoms. The van der Waals surface area contributed by atoms with Gasteiger partial charge in [0.1, 0.15) is 5.76 Å². The highest BCUT2D eigenvalue weighted by Crippen LogP contribution is 2.10. The number of hydrogen-bond acceptors (Lipinski definition) is 4. The smallest absolute Gasteiger partial charge is 0.191 e. The summed E-state index contributed by atoms with van der Waals surface area (Å²) in [6.45, 7) is 5.20. The lowest BCUT2D eigenvalue weighted by atomic mass is 10.0. The Morgan fingerprint density at radius 2 is 2.12 bits per heavy atom. The predicted molar refractivity (Wildman–Crippen MR) is 108 cm³/mol. The van der Waals surface area contributed by atoms with Crippen LogP contribution in [0.4, 0.5) is 0 Å². The summed E-state index contributed by atoms with van der Waals surface area (Å²) in [5.41, 5.74) is 0. The first-order valence-corrected chi connectivity index (χ1v) is 8.44. The van der Waals surface area contributed by atoms with Crippen LogP contribution in [0.2, 0.25) is 0 Å². The molecule has 1 unspecified atom stereocenters. The number of ether oxygens (including phenoxy) is 1. The maximum absolute atomic E-state index is 9.14. The highest BCUT2D eigenvalue weighted by atomic mass is 127. The van der Waals surface area contributed by atoms with Gasteiger partial charge in [-0.3, -0.25) is 4.99 Å². The van der Waals surface area contributed by atoms with Gasteiger partial charge in [0.05, 0.1) is 12.9 Å². The lowest BCUT2D eigenvalue weighted by molar-refractivity contribution is 0.203. The third-order valence-corrected chi connectivity index (χ3v) is 3.58. The Balaban J connectivity index is 0.00000529. The topological polar surface area (TPSA) is 79.0 Å². The van der Waals surface area contributed by atoms with Crippen molar-refractivity contribution >= 4 is 29.9 Å². The maximum atomic E-state index is 9.14. The summed E-state index contributed by atoms with van der Waals surface area (Å²) in [6, 6.07) is 3.86. The number of methoxy groups -OCH3 is 1. The summed E-state index contributed by atoms with van der Waals surface area (Å²) in [5.74, 6) is 2.17. The molecule has 0 aromatic carbocycles. The van der Waals surface area contributed by atoms with E-state index in [1.807, 2.05) is 12.1 Å². The molecule has 0 aliphatic rings. The zero-order chi connectivity index (χ0) is 16.8. The second kappa shape index (κ2) is 15.7. The number of nitrogens with one attached hydrogen (secondary N) is 2. The number of aliphatic hydroxyl groups excluding tert-OH is 1. The Hall–Kier alpha value is -0.800. The summed E-state index contributed by atoms with van der Waals surface area (Å²) < 4.78 is 10.4.